The average Bonchev–Trinajstić information content (AvgIpc) is 2.84. The topological polar surface area (TPSA) is 74.0 Å². The summed E-state index contributed by atoms with van der Waals surface area (Å²) in [5.74, 6) is 0.655. The molecule has 0 spiro atoms. The number of rotatable bonds is 12. The van der Waals surface area contributed by atoms with Gasteiger partial charge in [0.05, 0.1) is 12.6 Å². The van der Waals surface area contributed by atoms with Crippen LogP contribution in [0.3, 0.4) is 0 Å². The smallest absolute Gasteiger partial charge is 0.240 e. The lowest BCUT2D eigenvalue weighted by molar-refractivity contribution is -0.160. The summed E-state index contributed by atoms with van der Waals surface area (Å²) < 4.78 is 17.4. The Kier molecular flexibility index (Phi) is 9.88. The quantitative estimate of drug-likeness (QED) is 0.347. The molecule has 0 heterocycles. The molecule has 0 fully saturated rings. The molecule has 0 aliphatic rings. The van der Waals surface area contributed by atoms with E-state index in [1.54, 1.807) is 4.90 Å². The molecule has 6 nitrogen and oxygen atoms in total. The molecule has 3 rings (SSSR count). The van der Waals surface area contributed by atoms with Gasteiger partial charge in [-0.25, -0.2) is 0 Å². The molecule has 0 aromatic heterocycles. The third-order valence-electron chi connectivity index (χ3n) is 5.75. The van der Waals surface area contributed by atoms with Crippen molar-refractivity contribution in [1.29, 1.82) is 0 Å². The minimum Gasteiger partial charge on any atom is -0.488 e. The number of amides is 1. The summed E-state index contributed by atoms with van der Waals surface area (Å²) in [7, 11) is 0. The second kappa shape index (κ2) is 12.9. The molecule has 36 heavy (non-hydrogen) atoms. The van der Waals surface area contributed by atoms with E-state index in [0.29, 0.717) is 32.7 Å². The maximum Gasteiger partial charge on any atom is 0.240 e. The second-order valence-electron chi connectivity index (χ2n) is 9.87. The fourth-order valence-corrected chi connectivity index (χ4v) is 4.20. The van der Waals surface area contributed by atoms with Crippen LogP contribution in [0.15, 0.2) is 66.7 Å². The summed E-state index contributed by atoms with van der Waals surface area (Å²) in [6.07, 6.45) is -0.0887. The number of nitrogens with two attached hydrogens (primary N) is 1. The summed E-state index contributed by atoms with van der Waals surface area (Å²) in [5, 5.41) is 2.25. The first-order valence-electron chi connectivity index (χ1n) is 12.7. The number of hydrogen-bond donors (Lipinski definition) is 1. The molecule has 1 amide bonds. The van der Waals surface area contributed by atoms with Crippen LogP contribution in [-0.4, -0.2) is 48.5 Å². The second-order valence-corrected chi connectivity index (χ2v) is 9.87. The molecular formula is C30H40N2O4. The van der Waals surface area contributed by atoms with Gasteiger partial charge in [0, 0.05) is 19.8 Å². The number of fused-ring (bicyclic) bond motifs is 1. The molecule has 194 valence electrons. The highest BCUT2D eigenvalue weighted by molar-refractivity contribution is 5.87. The van der Waals surface area contributed by atoms with Crippen molar-refractivity contribution < 1.29 is 19.0 Å². The van der Waals surface area contributed by atoms with E-state index in [0.717, 1.165) is 27.6 Å². The van der Waals surface area contributed by atoms with E-state index in [1.807, 2.05) is 77.1 Å². The van der Waals surface area contributed by atoms with Crippen LogP contribution in [0.1, 0.15) is 45.7 Å². The first-order chi connectivity index (χ1) is 17.2. The Morgan fingerprint density at radius 1 is 0.917 bits per heavy atom. The Morgan fingerprint density at radius 3 is 2.19 bits per heavy atom. The molecular weight excluding hydrogens is 452 g/mol. The highest BCUT2D eigenvalue weighted by atomic mass is 16.7. The molecule has 0 aliphatic heterocycles. The van der Waals surface area contributed by atoms with E-state index in [9.17, 15) is 4.79 Å². The van der Waals surface area contributed by atoms with Gasteiger partial charge in [0.25, 0.3) is 0 Å². The Labute approximate surface area is 215 Å². The van der Waals surface area contributed by atoms with Crippen LogP contribution in [0.4, 0.5) is 0 Å². The Morgan fingerprint density at radius 2 is 1.56 bits per heavy atom. The van der Waals surface area contributed by atoms with Gasteiger partial charge in [-0.2, -0.15) is 0 Å². The Balaban J connectivity index is 1.80. The van der Waals surface area contributed by atoms with Crippen LogP contribution in [0.25, 0.3) is 10.8 Å². The molecule has 1 atom stereocenters. The first kappa shape index (κ1) is 27.7. The standard InChI is InChI=1S/C30H40N2O4/c1-6-34-28(35-7-2)21-32(20-24-13-10-12-23-11-8-9-14-26(23)24)29(33)27(31)19-22-15-17-25(18-16-22)36-30(3,4)5/h8-18,27-28H,6-7,19-21,31H2,1-5H3. The van der Waals surface area contributed by atoms with Gasteiger partial charge in [0.1, 0.15) is 11.4 Å². The largest absolute Gasteiger partial charge is 0.488 e. The van der Waals surface area contributed by atoms with E-state index >= 15 is 0 Å². The third-order valence-corrected chi connectivity index (χ3v) is 5.75. The molecule has 0 saturated heterocycles. The molecule has 3 aromatic rings. The fraction of sp³-hybridized carbons (Fsp3) is 0.433. The van der Waals surface area contributed by atoms with Gasteiger partial charge >= 0.3 is 0 Å². The van der Waals surface area contributed by atoms with Gasteiger partial charge < -0.3 is 24.8 Å². The van der Waals surface area contributed by atoms with Gasteiger partial charge in [-0.05, 0) is 75.1 Å². The van der Waals surface area contributed by atoms with Crippen LogP contribution in [0.5, 0.6) is 5.75 Å². The van der Waals surface area contributed by atoms with E-state index in [4.69, 9.17) is 19.9 Å². The summed E-state index contributed by atoms with van der Waals surface area (Å²) >= 11 is 0. The highest BCUT2D eigenvalue weighted by Crippen LogP contribution is 2.22. The summed E-state index contributed by atoms with van der Waals surface area (Å²) in [4.78, 5) is 15.4. The zero-order chi connectivity index (χ0) is 26.1. The lowest BCUT2D eigenvalue weighted by atomic mass is 10.0. The van der Waals surface area contributed by atoms with Gasteiger partial charge in [0.15, 0.2) is 6.29 Å². The van der Waals surface area contributed by atoms with Crippen molar-refractivity contribution >= 4 is 16.7 Å². The van der Waals surface area contributed by atoms with Gasteiger partial charge in [-0.1, -0.05) is 54.6 Å². The molecule has 0 radical (unpaired) electrons. The zero-order valence-corrected chi connectivity index (χ0v) is 22.2. The number of carbonyl (C=O) groups is 1. The van der Waals surface area contributed by atoms with Crippen LogP contribution < -0.4 is 10.5 Å². The van der Waals surface area contributed by atoms with Crippen molar-refractivity contribution in [2.45, 2.75) is 65.5 Å². The van der Waals surface area contributed by atoms with Gasteiger partial charge in [-0.15, -0.1) is 0 Å². The van der Waals surface area contributed by atoms with Gasteiger partial charge in [0.2, 0.25) is 5.91 Å². The lowest BCUT2D eigenvalue weighted by Crippen LogP contribution is -2.48. The highest BCUT2D eigenvalue weighted by Gasteiger charge is 2.25. The van der Waals surface area contributed by atoms with Crippen LogP contribution >= 0.6 is 0 Å². The summed E-state index contributed by atoms with van der Waals surface area (Å²) in [5.41, 5.74) is 8.24. The van der Waals surface area contributed by atoms with E-state index in [-0.39, 0.29) is 11.5 Å². The average molecular weight is 493 g/mol. The number of carbonyl (C=O) groups excluding carboxylic acids is 1. The van der Waals surface area contributed by atoms with Crippen LogP contribution in [0, 0.1) is 0 Å². The SMILES string of the molecule is CCOC(CN(Cc1cccc2ccccc12)C(=O)C(N)Cc1ccc(OC(C)(C)C)cc1)OCC. The van der Waals surface area contributed by atoms with E-state index < -0.39 is 12.3 Å². The maximum absolute atomic E-state index is 13.7. The molecule has 3 aromatic carbocycles. The number of ether oxygens (including phenoxy) is 3. The number of benzene rings is 3. The molecule has 0 aliphatic carbocycles. The number of nitrogens with zero attached hydrogens (tertiary/aromatic N) is 1. The van der Waals surface area contributed by atoms with Crippen molar-refractivity contribution in [1.82, 2.24) is 4.90 Å². The summed E-state index contributed by atoms with van der Waals surface area (Å²) in [6.45, 7) is 11.6. The zero-order valence-electron chi connectivity index (χ0n) is 22.2. The van der Waals surface area contributed by atoms with Crippen molar-refractivity contribution in [3.63, 3.8) is 0 Å². The van der Waals surface area contributed by atoms with Crippen molar-refractivity contribution in [2.24, 2.45) is 5.73 Å². The third kappa shape index (κ3) is 8.05. The molecule has 2 N–H and O–H groups in total. The number of hydrogen-bond acceptors (Lipinski definition) is 5. The van der Waals surface area contributed by atoms with Crippen molar-refractivity contribution in [3.05, 3.63) is 77.9 Å². The van der Waals surface area contributed by atoms with Crippen molar-refractivity contribution in [2.75, 3.05) is 19.8 Å². The first-order valence-corrected chi connectivity index (χ1v) is 12.7. The molecule has 0 bridgehead atoms. The molecule has 1 unspecified atom stereocenters. The Hall–Kier alpha value is -2.93. The van der Waals surface area contributed by atoms with Crippen molar-refractivity contribution in [3.8, 4) is 5.75 Å². The Bertz CT molecular complexity index is 1100. The molecule has 0 saturated carbocycles. The van der Waals surface area contributed by atoms with Crippen LogP contribution in [-0.2, 0) is 27.2 Å². The minimum atomic E-state index is -0.696. The van der Waals surface area contributed by atoms with Gasteiger partial charge in [-0.3, -0.25) is 4.79 Å². The fourth-order valence-electron chi connectivity index (χ4n) is 4.20. The predicted octanol–water partition coefficient (Wildman–Crippen LogP) is 5.31. The lowest BCUT2D eigenvalue weighted by Gasteiger charge is -2.30. The molecule has 6 heteroatoms. The summed E-state index contributed by atoms with van der Waals surface area (Å²) in [6, 6.07) is 21.4. The predicted molar refractivity (Wildman–Crippen MR) is 145 cm³/mol. The maximum atomic E-state index is 13.7. The van der Waals surface area contributed by atoms with Crippen LogP contribution in [0.2, 0.25) is 0 Å². The van der Waals surface area contributed by atoms with E-state index in [1.165, 1.54) is 0 Å². The normalized spacial score (nSPS) is 12.6. The van der Waals surface area contributed by atoms with E-state index in [2.05, 4.69) is 24.3 Å². The minimum absolute atomic E-state index is 0.137. The monoisotopic (exact) mass is 492 g/mol.